The summed E-state index contributed by atoms with van der Waals surface area (Å²) in [5.74, 6) is -1.01. The van der Waals surface area contributed by atoms with Gasteiger partial charge in [0.15, 0.2) is 0 Å². The number of hydrogen-bond acceptors (Lipinski definition) is 7. The molecular formula is C18H17F3N6O3S2. The van der Waals surface area contributed by atoms with Crippen molar-refractivity contribution in [3.63, 3.8) is 0 Å². The van der Waals surface area contributed by atoms with Crippen LogP contribution in [0.15, 0.2) is 35.4 Å². The molecule has 0 radical (unpaired) electrons. The molecule has 1 fully saturated rings. The first-order chi connectivity index (χ1) is 15.2. The zero-order valence-corrected chi connectivity index (χ0v) is 18.2. The van der Waals surface area contributed by atoms with Gasteiger partial charge >= 0.3 is 6.55 Å². The van der Waals surface area contributed by atoms with Crippen LogP contribution >= 0.6 is 11.3 Å². The lowest BCUT2D eigenvalue weighted by Gasteiger charge is -2.21. The van der Waals surface area contributed by atoms with Crippen molar-refractivity contribution in [2.75, 3.05) is 11.9 Å². The number of sulfonamides is 1. The van der Waals surface area contributed by atoms with Gasteiger partial charge in [-0.05, 0) is 44.0 Å². The highest BCUT2D eigenvalue weighted by Crippen LogP contribution is 2.38. The number of nitrogens with zero attached hydrogens (tertiary/aromatic N) is 5. The second-order valence-electron chi connectivity index (χ2n) is 7.00. The summed E-state index contributed by atoms with van der Waals surface area (Å²) in [7, 11) is -4.12. The van der Waals surface area contributed by atoms with E-state index in [0.29, 0.717) is 28.2 Å². The molecule has 170 valence electrons. The van der Waals surface area contributed by atoms with Gasteiger partial charge < -0.3 is 5.32 Å². The van der Waals surface area contributed by atoms with Crippen molar-refractivity contribution in [1.29, 1.82) is 0 Å². The number of anilines is 1. The van der Waals surface area contributed by atoms with Crippen LogP contribution < -0.4 is 5.32 Å². The molecule has 1 aromatic carbocycles. The molecule has 0 bridgehead atoms. The van der Waals surface area contributed by atoms with E-state index >= 15 is 0 Å². The first kappa shape index (κ1) is 22.4. The van der Waals surface area contributed by atoms with Crippen LogP contribution in [0.4, 0.5) is 18.9 Å². The van der Waals surface area contributed by atoms with Gasteiger partial charge in [-0.25, -0.2) is 17.5 Å². The quantitative estimate of drug-likeness (QED) is 0.572. The summed E-state index contributed by atoms with van der Waals surface area (Å²) in [6, 6.07) is 4.49. The molecule has 0 spiro atoms. The van der Waals surface area contributed by atoms with Gasteiger partial charge in [0.2, 0.25) is 15.0 Å². The number of amides is 1. The Morgan fingerprint density at radius 2 is 1.97 bits per heavy atom. The van der Waals surface area contributed by atoms with E-state index in [0.717, 1.165) is 17.5 Å². The average molecular weight is 487 g/mol. The molecule has 1 saturated heterocycles. The lowest BCUT2D eigenvalue weighted by Crippen LogP contribution is -2.31. The average Bonchev–Trinajstić information content (AvgIpc) is 3.48. The van der Waals surface area contributed by atoms with E-state index in [2.05, 4.69) is 20.6 Å². The van der Waals surface area contributed by atoms with Gasteiger partial charge in [0, 0.05) is 12.2 Å². The molecule has 4 rings (SSSR count). The first-order valence-corrected chi connectivity index (χ1v) is 11.7. The fraction of sp³-hybridized carbons (Fsp3) is 0.333. The maximum absolute atomic E-state index is 13.2. The first-order valence-electron chi connectivity index (χ1n) is 9.43. The molecule has 0 saturated carbocycles. The Kier molecular flexibility index (Phi) is 6.01. The molecule has 1 aliphatic rings. The molecule has 14 heteroatoms. The van der Waals surface area contributed by atoms with Crippen molar-refractivity contribution in [3.8, 4) is 0 Å². The maximum atomic E-state index is 13.2. The molecule has 1 aliphatic heterocycles. The highest BCUT2D eigenvalue weighted by atomic mass is 32.2. The van der Waals surface area contributed by atoms with Gasteiger partial charge in [-0.15, -0.1) is 10.2 Å². The Labute approximate surface area is 184 Å². The zero-order chi connectivity index (χ0) is 23.0. The maximum Gasteiger partial charge on any atom is 0.333 e. The van der Waals surface area contributed by atoms with Crippen LogP contribution in [0.5, 0.6) is 0 Å². The Bertz CT molecular complexity index is 1240. The normalized spacial score (nSPS) is 17.2. The van der Waals surface area contributed by atoms with Crippen molar-refractivity contribution in [2.24, 2.45) is 0 Å². The van der Waals surface area contributed by atoms with Gasteiger partial charge in [0.25, 0.3) is 5.91 Å². The van der Waals surface area contributed by atoms with Crippen LogP contribution in [0.2, 0.25) is 0 Å². The summed E-state index contributed by atoms with van der Waals surface area (Å²) in [6.45, 7) is -1.53. The Morgan fingerprint density at radius 3 is 2.62 bits per heavy atom. The smallest absolute Gasteiger partial charge is 0.320 e. The summed E-state index contributed by atoms with van der Waals surface area (Å²) >= 11 is 0.935. The van der Waals surface area contributed by atoms with Crippen molar-refractivity contribution in [1.82, 2.24) is 24.3 Å². The number of halogens is 3. The minimum atomic E-state index is -4.12. The van der Waals surface area contributed by atoms with E-state index in [-0.39, 0.29) is 22.1 Å². The summed E-state index contributed by atoms with van der Waals surface area (Å²) in [6.07, 6.45) is 1.88. The number of aromatic nitrogens is 4. The molecule has 1 atom stereocenters. The summed E-state index contributed by atoms with van der Waals surface area (Å²) in [5, 5.41) is 14.2. The Morgan fingerprint density at radius 1 is 1.25 bits per heavy atom. The highest BCUT2D eigenvalue weighted by molar-refractivity contribution is 7.89. The number of carbonyl (C=O) groups is 1. The van der Waals surface area contributed by atoms with Gasteiger partial charge in [0.1, 0.15) is 15.7 Å². The monoisotopic (exact) mass is 486 g/mol. The molecule has 2 aromatic heterocycles. The Balaban J connectivity index is 1.56. The topological polar surface area (TPSA) is 110 Å². The molecule has 3 aromatic rings. The van der Waals surface area contributed by atoms with Crippen LogP contribution in [0.25, 0.3) is 0 Å². The molecule has 32 heavy (non-hydrogen) atoms. The fourth-order valence-corrected chi connectivity index (χ4v) is 6.20. The van der Waals surface area contributed by atoms with E-state index in [4.69, 9.17) is 0 Å². The van der Waals surface area contributed by atoms with Gasteiger partial charge in [-0.1, -0.05) is 11.3 Å². The SMILES string of the molecule is Cc1c(S(=O)(=O)N2CCC[C@@H]2c2nnc(C(=O)Nc3ccc(F)cc3)s2)cnn1C(F)F. The van der Waals surface area contributed by atoms with Gasteiger partial charge in [0.05, 0.1) is 17.9 Å². The zero-order valence-electron chi connectivity index (χ0n) is 16.6. The van der Waals surface area contributed by atoms with Crippen molar-refractivity contribution < 1.29 is 26.4 Å². The molecule has 0 aliphatic carbocycles. The van der Waals surface area contributed by atoms with Crippen molar-refractivity contribution in [3.05, 3.63) is 52.0 Å². The van der Waals surface area contributed by atoms with E-state index in [1.54, 1.807) is 0 Å². The third-order valence-electron chi connectivity index (χ3n) is 5.00. The third kappa shape index (κ3) is 4.12. The van der Waals surface area contributed by atoms with Crippen LogP contribution in [0.3, 0.4) is 0 Å². The van der Waals surface area contributed by atoms with Crippen LogP contribution in [-0.2, 0) is 10.0 Å². The highest BCUT2D eigenvalue weighted by Gasteiger charge is 2.40. The second kappa shape index (κ2) is 8.60. The fourth-order valence-electron chi connectivity index (χ4n) is 3.44. The molecular weight excluding hydrogens is 469 g/mol. The number of benzene rings is 1. The lowest BCUT2D eigenvalue weighted by molar-refractivity contribution is 0.0541. The van der Waals surface area contributed by atoms with E-state index < -0.39 is 34.3 Å². The predicted octanol–water partition coefficient (Wildman–Crippen LogP) is 3.36. The van der Waals surface area contributed by atoms with E-state index in [1.807, 2.05) is 0 Å². The Hall–Kier alpha value is -2.84. The summed E-state index contributed by atoms with van der Waals surface area (Å²) < 4.78 is 66.9. The number of hydrogen-bond donors (Lipinski definition) is 1. The minimum absolute atomic E-state index is 0.00951. The third-order valence-corrected chi connectivity index (χ3v) is 8.03. The van der Waals surface area contributed by atoms with Crippen LogP contribution in [-0.4, -0.2) is 45.2 Å². The minimum Gasteiger partial charge on any atom is -0.320 e. The number of nitrogens with one attached hydrogen (secondary N) is 1. The van der Waals surface area contributed by atoms with Gasteiger partial charge in [-0.3, -0.25) is 4.79 Å². The summed E-state index contributed by atoms with van der Waals surface area (Å²) in [5.41, 5.74) is 0.201. The second-order valence-corrected chi connectivity index (χ2v) is 9.86. The number of alkyl halides is 2. The van der Waals surface area contributed by atoms with E-state index in [9.17, 15) is 26.4 Å². The van der Waals surface area contributed by atoms with Crippen LogP contribution in [0.1, 0.15) is 45.9 Å². The summed E-state index contributed by atoms with van der Waals surface area (Å²) in [4.78, 5) is 12.1. The standard InChI is InChI=1S/C18H17F3N6O3S2/c1-10-14(9-22-27(10)18(20)21)32(29,30)26-8-2-3-13(26)16-24-25-17(31-16)15(28)23-12-6-4-11(19)5-7-12/h4-7,9,13,18H,2-3,8H2,1H3,(H,23,28)/t13-/m1/s1. The predicted molar refractivity (Wildman–Crippen MR) is 108 cm³/mol. The molecule has 1 N–H and O–H groups in total. The number of carbonyl (C=O) groups excluding carboxylic acids is 1. The molecule has 3 heterocycles. The van der Waals surface area contributed by atoms with Crippen molar-refractivity contribution in [2.45, 2.75) is 37.3 Å². The van der Waals surface area contributed by atoms with Crippen molar-refractivity contribution >= 4 is 33.0 Å². The van der Waals surface area contributed by atoms with Gasteiger partial charge in [-0.2, -0.15) is 18.2 Å². The van der Waals surface area contributed by atoms with E-state index in [1.165, 1.54) is 35.5 Å². The number of rotatable bonds is 6. The molecule has 1 amide bonds. The van der Waals surface area contributed by atoms with Crippen LogP contribution in [0, 0.1) is 12.7 Å². The lowest BCUT2D eigenvalue weighted by atomic mass is 10.2. The molecule has 9 nitrogen and oxygen atoms in total. The molecule has 0 unspecified atom stereocenters. The largest absolute Gasteiger partial charge is 0.333 e.